The zero-order chi connectivity index (χ0) is 10.6. The molecule has 0 heterocycles. The summed E-state index contributed by atoms with van der Waals surface area (Å²) < 4.78 is 0. The van der Waals surface area contributed by atoms with E-state index in [1.165, 1.54) is 6.92 Å². The van der Waals surface area contributed by atoms with Crippen molar-refractivity contribution >= 4 is 5.91 Å². The van der Waals surface area contributed by atoms with Gasteiger partial charge in [-0.15, -0.1) is 0 Å². The van der Waals surface area contributed by atoms with Gasteiger partial charge in [0, 0.05) is 6.92 Å². The van der Waals surface area contributed by atoms with Crippen molar-refractivity contribution in [3.8, 4) is 0 Å². The Morgan fingerprint density at radius 1 is 1.43 bits per heavy atom. The summed E-state index contributed by atoms with van der Waals surface area (Å²) in [5.74, 6) is -0.493. The minimum Gasteiger partial charge on any atom is -0.394 e. The monoisotopic (exact) mass is 195 g/mol. The molecule has 1 unspecified atom stereocenters. The van der Waals surface area contributed by atoms with E-state index in [9.17, 15) is 10.0 Å². The fourth-order valence-corrected chi connectivity index (χ4v) is 1.22. The first kappa shape index (κ1) is 10.7. The Kier molecular flexibility index (Phi) is 3.62. The number of aliphatic hydroxyl groups excluding tert-OH is 1. The molecule has 0 saturated heterocycles. The molecule has 0 radical (unpaired) electrons. The van der Waals surface area contributed by atoms with Gasteiger partial charge in [0.1, 0.15) is 6.04 Å². The highest BCUT2D eigenvalue weighted by atomic mass is 16.5. The summed E-state index contributed by atoms with van der Waals surface area (Å²) in [5, 5.41) is 18.9. The SMILES string of the molecule is CC(=O)N(O)C(CO)c1ccccc1. The van der Waals surface area contributed by atoms with Crippen molar-refractivity contribution in [1.29, 1.82) is 0 Å². The molecule has 4 heteroatoms. The second kappa shape index (κ2) is 4.74. The van der Waals surface area contributed by atoms with Crippen molar-refractivity contribution < 1.29 is 15.1 Å². The lowest BCUT2D eigenvalue weighted by atomic mass is 10.1. The number of carbonyl (C=O) groups excluding carboxylic acids is 1. The first-order valence-electron chi connectivity index (χ1n) is 4.31. The Bertz CT molecular complexity index is 299. The summed E-state index contributed by atoms with van der Waals surface area (Å²) in [6.07, 6.45) is 0. The lowest BCUT2D eigenvalue weighted by molar-refractivity contribution is -0.177. The first-order valence-corrected chi connectivity index (χ1v) is 4.31. The van der Waals surface area contributed by atoms with Crippen LogP contribution in [0.15, 0.2) is 30.3 Å². The number of benzene rings is 1. The highest BCUT2D eigenvalue weighted by Gasteiger charge is 2.19. The number of rotatable bonds is 3. The van der Waals surface area contributed by atoms with Gasteiger partial charge in [0.2, 0.25) is 5.91 Å². The molecule has 1 rings (SSSR count). The normalized spacial score (nSPS) is 12.2. The Morgan fingerprint density at radius 2 is 2.00 bits per heavy atom. The van der Waals surface area contributed by atoms with Gasteiger partial charge in [-0.2, -0.15) is 0 Å². The summed E-state index contributed by atoms with van der Waals surface area (Å²) >= 11 is 0. The van der Waals surface area contributed by atoms with Crippen molar-refractivity contribution in [2.45, 2.75) is 13.0 Å². The Balaban J connectivity index is 2.87. The number of aliphatic hydroxyl groups is 1. The lowest BCUT2D eigenvalue weighted by Crippen LogP contribution is -2.31. The highest BCUT2D eigenvalue weighted by Crippen LogP contribution is 2.17. The van der Waals surface area contributed by atoms with Gasteiger partial charge in [0.05, 0.1) is 6.61 Å². The van der Waals surface area contributed by atoms with Crippen LogP contribution in [0.2, 0.25) is 0 Å². The van der Waals surface area contributed by atoms with Crippen LogP contribution in [0.1, 0.15) is 18.5 Å². The molecular weight excluding hydrogens is 182 g/mol. The number of amides is 1. The maximum Gasteiger partial charge on any atom is 0.243 e. The Labute approximate surface area is 82.4 Å². The summed E-state index contributed by atoms with van der Waals surface area (Å²) in [6.45, 7) is 0.936. The molecule has 0 fully saturated rings. The van der Waals surface area contributed by atoms with Crippen LogP contribution in [0.3, 0.4) is 0 Å². The molecule has 1 atom stereocenters. The van der Waals surface area contributed by atoms with Crippen molar-refractivity contribution in [3.05, 3.63) is 35.9 Å². The maximum atomic E-state index is 10.9. The molecule has 0 spiro atoms. The van der Waals surface area contributed by atoms with E-state index in [2.05, 4.69) is 0 Å². The smallest absolute Gasteiger partial charge is 0.243 e. The van der Waals surface area contributed by atoms with Crippen LogP contribution in [0, 0.1) is 0 Å². The number of hydrogen-bond acceptors (Lipinski definition) is 3. The van der Waals surface area contributed by atoms with E-state index < -0.39 is 11.9 Å². The zero-order valence-electron chi connectivity index (χ0n) is 7.92. The van der Waals surface area contributed by atoms with Crippen LogP contribution in [-0.4, -0.2) is 27.9 Å². The van der Waals surface area contributed by atoms with Gasteiger partial charge < -0.3 is 5.11 Å². The first-order chi connectivity index (χ1) is 6.66. The highest BCUT2D eigenvalue weighted by molar-refractivity contribution is 5.72. The number of nitrogens with zero attached hydrogens (tertiary/aromatic N) is 1. The topological polar surface area (TPSA) is 60.8 Å². The third-order valence-corrected chi connectivity index (χ3v) is 1.98. The van der Waals surface area contributed by atoms with Gasteiger partial charge in [-0.25, -0.2) is 5.06 Å². The van der Waals surface area contributed by atoms with Crippen LogP contribution in [0.25, 0.3) is 0 Å². The maximum absolute atomic E-state index is 10.9. The van der Waals surface area contributed by atoms with E-state index >= 15 is 0 Å². The summed E-state index contributed by atoms with van der Waals surface area (Å²) in [5.41, 5.74) is 0.702. The van der Waals surface area contributed by atoms with Gasteiger partial charge in [0.15, 0.2) is 0 Å². The third-order valence-electron chi connectivity index (χ3n) is 1.98. The Hall–Kier alpha value is -1.39. The number of hydrogen-bond donors (Lipinski definition) is 2. The molecular formula is C10H13NO3. The van der Waals surface area contributed by atoms with Gasteiger partial charge in [0.25, 0.3) is 0 Å². The van der Waals surface area contributed by atoms with Gasteiger partial charge in [-0.1, -0.05) is 30.3 Å². The molecule has 0 bridgehead atoms. The van der Waals surface area contributed by atoms with Crippen LogP contribution in [0.5, 0.6) is 0 Å². The van der Waals surface area contributed by atoms with E-state index in [4.69, 9.17) is 5.11 Å². The van der Waals surface area contributed by atoms with Crippen LogP contribution >= 0.6 is 0 Å². The average Bonchev–Trinajstić information content (AvgIpc) is 2.20. The van der Waals surface area contributed by atoms with Crippen molar-refractivity contribution in [2.24, 2.45) is 0 Å². The van der Waals surface area contributed by atoms with Gasteiger partial charge >= 0.3 is 0 Å². The average molecular weight is 195 g/mol. The van der Waals surface area contributed by atoms with Gasteiger partial charge in [-0.05, 0) is 5.56 Å². The van der Waals surface area contributed by atoms with Crippen LogP contribution < -0.4 is 0 Å². The number of hydroxylamine groups is 2. The van der Waals surface area contributed by atoms with E-state index in [-0.39, 0.29) is 6.61 Å². The standard InChI is InChI=1S/C10H13NO3/c1-8(13)11(14)10(7-12)9-5-3-2-4-6-9/h2-6,10,12,14H,7H2,1H3. The minimum atomic E-state index is -0.686. The summed E-state index contributed by atoms with van der Waals surface area (Å²) in [6, 6.07) is 8.19. The molecule has 1 aromatic rings. The molecule has 0 aliphatic rings. The predicted molar refractivity (Wildman–Crippen MR) is 50.6 cm³/mol. The molecule has 0 aliphatic carbocycles. The van der Waals surface area contributed by atoms with Crippen molar-refractivity contribution in [1.82, 2.24) is 5.06 Å². The second-order valence-corrected chi connectivity index (χ2v) is 2.97. The molecule has 1 amide bonds. The van der Waals surface area contributed by atoms with E-state index in [0.717, 1.165) is 0 Å². The molecule has 0 saturated carbocycles. The molecule has 14 heavy (non-hydrogen) atoms. The van der Waals surface area contributed by atoms with E-state index in [1.807, 2.05) is 6.07 Å². The van der Waals surface area contributed by atoms with E-state index in [1.54, 1.807) is 24.3 Å². The number of carbonyl (C=O) groups is 1. The van der Waals surface area contributed by atoms with Crippen LogP contribution in [-0.2, 0) is 4.79 Å². The largest absolute Gasteiger partial charge is 0.394 e. The second-order valence-electron chi connectivity index (χ2n) is 2.97. The quantitative estimate of drug-likeness (QED) is 0.557. The molecule has 2 N–H and O–H groups in total. The molecule has 76 valence electrons. The fourth-order valence-electron chi connectivity index (χ4n) is 1.22. The molecule has 4 nitrogen and oxygen atoms in total. The lowest BCUT2D eigenvalue weighted by Gasteiger charge is -2.23. The predicted octanol–water partition coefficient (Wildman–Crippen LogP) is 0.958. The summed E-state index contributed by atoms with van der Waals surface area (Å²) in [7, 11) is 0. The van der Waals surface area contributed by atoms with E-state index in [0.29, 0.717) is 10.6 Å². The van der Waals surface area contributed by atoms with Crippen molar-refractivity contribution in [3.63, 3.8) is 0 Å². The van der Waals surface area contributed by atoms with Crippen LogP contribution in [0.4, 0.5) is 0 Å². The fraction of sp³-hybridized carbons (Fsp3) is 0.300. The third kappa shape index (κ3) is 2.31. The molecule has 0 aromatic heterocycles. The Morgan fingerprint density at radius 3 is 2.43 bits per heavy atom. The van der Waals surface area contributed by atoms with Crippen molar-refractivity contribution in [2.75, 3.05) is 6.61 Å². The minimum absolute atomic E-state index is 0.305. The molecule has 0 aliphatic heterocycles. The molecule has 1 aromatic carbocycles. The zero-order valence-corrected chi connectivity index (χ0v) is 7.92. The summed E-state index contributed by atoms with van der Waals surface area (Å²) in [4.78, 5) is 10.9. The van der Waals surface area contributed by atoms with Gasteiger partial charge in [-0.3, -0.25) is 10.0 Å².